The van der Waals surface area contributed by atoms with Gasteiger partial charge in [-0.2, -0.15) is 0 Å². The molecule has 1 unspecified atom stereocenters. The van der Waals surface area contributed by atoms with Crippen molar-refractivity contribution in [3.8, 4) is 0 Å². The number of carbonyl (C=O) groups is 4. The van der Waals surface area contributed by atoms with E-state index in [0.717, 1.165) is 16.7 Å². The number of aliphatic imine (C=N–C) groups is 1. The number of aryl methyl sites for hydroxylation is 2. The minimum absolute atomic E-state index is 0.0246. The van der Waals surface area contributed by atoms with Gasteiger partial charge in [0.1, 0.15) is 12.3 Å². The number of fused-ring (bicyclic) bond motifs is 1. The maximum atomic E-state index is 13.8. The summed E-state index contributed by atoms with van der Waals surface area (Å²) < 4.78 is 0. The fraction of sp³-hybridized carbons (Fsp3) is 0.393. The number of rotatable bonds is 5. The lowest BCUT2D eigenvalue weighted by atomic mass is 9.93. The van der Waals surface area contributed by atoms with Crippen molar-refractivity contribution >= 4 is 40.7 Å². The van der Waals surface area contributed by atoms with Crippen LogP contribution in [0.5, 0.6) is 0 Å². The van der Waals surface area contributed by atoms with Crippen molar-refractivity contribution in [3.63, 3.8) is 0 Å². The van der Waals surface area contributed by atoms with E-state index < -0.39 is 18.1 Å². The van der Waals surface area contributed by atoms with Crippen LogP contribution >= 0.6 is 0 Å². The molecular weight excluding hydrogens is 470 g/mol. The van der Waals surface area contributed by atoms with E-state index in [9.17, 15) is 19.2 Å². The number of nitrogens with zero attached hydrogens (tertiary/aromatic N) is 3. The van der Waals surface area contributed by atoms with Crippen LogP contribution in [0.1, 0.15) is 43.4 Å². The Balaban J connectivity index is 1.57. The predicted molar refractivity (Wildman–Crippen MR) is 143 cm³/mol. The molecule has 0 spiro atoms. The van der Waals surface area contributed by atoms with Crippen LogP contribution in [0.2, 0.25) is 0 Å². The Kier molecular flexibility index (Phi) is 7.71. The SMILES string of the molecule is CC(=O)C1CCN(C(=O)CN2C(=O)C(NC(=O)Nc3cccc(C)c3)N=C(C)c3cccc(C)c32)CC1. The smallest absolute Gasteiger partial charge is 0.321 e. The monoisotopic (exact) mass is 503 g/mol. The Morgan fingerprint density at radius 3 is 2.41 bits per heavy atom. The number of likely N-dealkylation sites (tertiary alicyclic amines) is 1. The zero-order valence-electron chi connectivity index (χ0n) is 21.7. The van der Waals surface area contributed by atoms with Crippen LogP contribution in [0.15, 0.2) is 47.5 Å². The number of para-hydroxylation sites is 1. The number of benzodiazepines with no additional fused rings is 1. The Morgan fingerprint density at radius 1 is 1.03 bits per heavy atom. The number of urea groups is 1. The van der Waals surface area contributed by atoms with E-state index in [1.54, 1.807) is 24.8 Å². The molecule has 4 amide bonds. The van der Waals surface area contributed by atoms with E-state index >= 15 is 0 Å². The molecule has 4 rings (SSSR count). The van der Waals surface area contributed by atoms with Gasteiger partial charge in [-0.3, -0.25) is 24.3 Å². The predicted octanol–water partition coefficient (Wildman–Crippen LogP) is 3.43. The van der Waals surface area contributed by atoms with Crippen LogP contribution < -0.4 is 15.5 Å². The molecule has 9 heteroatoms. The molecule has 2 aliphatic rings. The van der Waals surface area contributed by atoms with Gasteiger partial charge in [0.05, 0.1) is 5.69 Å². The number of benzene rings is 2. The first-order valence-electron chi connectivity index (χ1n) is 12.5. The molecule has 9 nitrogen and oxygen atoms in total. The third-order valence-electron chi connectivity index (χ3n) is 6.98. The Bertz CT molecular complexity index is 1260. The molecule has 37 heavy (non-hydrogen) atoms. The van der Waals surface area contributed by atoms with E-state index in [-0.39, 0.29) is 24.2 Å². The second kappa shape index (κ2) is 10.9. The minimum atomic E-state index is -1.20. The molecule has 0 aliphatic carbocycles. The minimum Gasteiger partial charge on any atom is -0.341 e. The Hall–Kier alpha value is -4.01. The number of carbonyl (C=O) groups excluding carboxylic acids is 4. The molecule has 0 saturated carbocycles. The van der Waals surface area contributed by atoms with Crippen molar-refractivity contribution in [3.05, 3.63) is 59.2 Å². The van der Waals surface area contributed by atoms with Gasteiger partial charge in [-0.1, -0.05) is 30.3 Å². The number of hydrogen-bond donors (Lipinski definition) is 2. The second-order valence-electron chi connectivity index (χ2n) is 9.75. The number of nitrogens with one attached hydrogen (secondary N) is 2. The molecule has 1 atom stereocenters. The van der Waals surface area contributed by atoms with E-state index in [2.05, 4.69) is 15.6 Å². The molecule has 2 aromatic carbocycles. The molecule has 2 aliphatic heterocycles. The number of anilines is 2. The molecule has 0 aromatic heterocycles. The first-order valence-corrected chi connectivity index (χ1v) is 12.5. The van der Waals surface area contributed by atoms with Gasteiger partial charge in [0.2, 0.25) is 12.1 Å². The topological polar surface area (TPSA) is 111 Å². The molecule has 1 saturated heterocycles. The maximum Gasteiger partial charge on any atom is 0.321 e. The van der Waals surface area contributed by atoms with Crippen LogP contribution in [0.25, 0.3) is 0 Å². The summed E-state index contributed by atoms with van der Waals surface area (Å²) in [4.78, 5) is 59.3. The Morgan fingerprint density at radius 2 is 1.73 bits per heavy atom. The quantitative estimate of drug-likeness (QED) is 0.651. The van der Waals surface area contributed by atoms with Crippen molar-refractivity contribution in [1.82, 2.24) is 10.2 Å². The molecule has 194 valence electrons. The number of hydrogen-bond acceptors (Lipinski definition) is 5. The van der Waals surface area contributed by atoms with E-state index in [1.807, 2.05) is 50.2 Å². The standard InChI is InChI=1S/C28H33N5O4/c1-17-7-5-9-22(15-17)30-28(37)31-26-27(36)33(25-18(2)8-6-10-23(25)19(3)29-26)16-24(35)32-13-11-21(12-14-32)20(4)34/h5-10,15,21,26H,11-14,16H2,1-4H3,(H2,30,31,37). The van der Waals surface area contributed by atoms with Crippen molar-refractivity contribution in [2.45, 2.75) is 46.7 Å². The molecule has 2 N–H and O–H groups in total. The average molecular weight is 504 g/mol. The highest BCUT2D eigenvalue weighted by molar-refractivity contribution is 6.14. The second-order valence-corrected chi connectivity index (χ2v) is 9.75. The Labute approximate surface area is 216 Å². The lowest BCUT2D eigenvalue weighted by molar-refractivity contribution is -0.134. The van der Waals surface area contributed by atoms with Crippen LogP contribution in [0.4, 0.5) is 16.2 Å². The van der Waals surface area contributed by atoms with E-state index in [0.29, 0.717) is 43.0 Å². The van der Waals surface area contributed by atoms with Gasteiger partial charge in [-0.25, -0.2) is 4.79 Å². The van der Waals surface area contributed by atoms with E-state index in [4.69, 9.17) is 0 Å². The first-order chi connectivity index (χ1) is 17.6. The fourth-order valence-electron chi connectivity index (χ4n) is 4.92. The first kappa shape index (κ1) is 26.1. The van der Waals surface area contributed by atoms with Crippen molar-refractivity contribution < 1.29 is 19.2 Å². The molecule has 1 fully saturated rings. The van der Waals surface area contributed by atoms with Gasteiger partial charge in [0, 0.05) is 36.0 Å². The van der Waals surface area contributed by atoms with Gasteiger partial charge < -0.3 is 15.5 Å². The average Bonchev–Trinajstić information content (AvgIpc) is 2.95. The van der Waals surface area contributed by atoms with Gasteiger partial charge in [0.15, 0.2) is 0 Å². The summed E-state index contributed by atoms with van der Waals surface area (Å²) in [5, 5.41) is 5.42. The van der Waals surface area contributed by atoms with Gasteiger partial charge >= 0.3 is 6.03 Å². The number of Topliss-reactive ketones (excluding diaryl/α,β-unsaturated/α-hetero) is 1. The molecule has 2 aromatic rings. The zero-order valence-corrected chi connectivity index (χ0v) is 21.7. The highest BCUT2D eigenvalue weighted by Gasteiger charge is 2.35. The van der Waals surface area contributed by atoms with E-state index in [1.165, 1.54) is 4.90 Å². The highest BCUT2D eigenvalue weighted by atomic mass is 16.2. The number of ketones is 1. The number of amides is 4. The molecule has 0 radical (unpaired) electrons. The summed E-state index contributed by atoms with van der Waals surface area (Å²) in [6.07, 6.45) is 0.0413. The molecule has 2 heterocycles. The summed E-state index contributed by atoms with van der Waals surface area (Å²) in [5.74, 6) is -0.570. The third-order valence-corrected chi connectivity index (χ3v) is 6.98. The molecular formula is C28H33N5O4. The fourth-order valence-corrected chi connectivity index (χ4v) is 4.92. The van der Waals surface area contributed by atoms with Gasteiger partial charge in [-0.15, -0.1) is 0 Å². The normalized spacial score (nSPS) is 18.0. The zero-order chi connectivity index (χ0) is 26.7. The van der Waals surface area contributed by atoms with Crippen molar-refractivity contribution in [2.24, 2.45) is 10.9 Å². The van der Waals surface area contributed by atoms with Crippen LogP contribution in [-0.2, 0) is 14.4 Å². The summed E-state index contributed by atoms with van der Waals surface area (Å²) >= 11 is 0. The summed E-state index contributed by atoms with van der Waals surface area (Å²) in [6, 6.07) is 12.4. The lowest BCUT2D eigenvalue weighted by Gasteiger charge is -2.33. The largest absolute Gasteiger partial charge is 0.341 e. The summed E-state index contributed by atoms with van der Waals surface area (Å²) in [6.45, 7) is 7.94. The van der Waals surface area contributed by atoms with Crippen LogP contribution in [0, 0.1) is 19.8 Å². The maximum absolute atomic E-state index is 13.8. The lowest BCUT2D eigenvalue weighted by Crippen LogP contribution is -2.52. The summed E-state index contributed by atoms with van der Waals surface area (Å²) in [5.41, 5.74) is 4.35. The van der Waals surface area contributed by atoms with Crippen molar-refractivity contribution in [2.75, 3.05) is 29.9 Å². The highest BCUT2D eigenvalue weighted by Crippen LogP contribution is 2.30. The summed E-state index contributed by atoms with van der Waals surface area (Å²) in [7, 11) is 0. The van der Waals surface area contributed by atoms with Crippen molar-refractivity contribution in [1.29, 1.82) is 0 Å². The third kappa shape index (κ3) is 5.87. The van der Waals surface area contributed by atoms with Crippen LogP contribution in [-0.4, -0.2) is 60.0 Å². The van der Waals surface area contributed by atoms with Gasteiger partial charge in [-0.05, 0) is 63.8 Å². The van der Waals surface area contributed by atoms with Crippen LogP contribution in [0.3, 0.4) is 0 Å². The number of piperidine rings is 1. The molecule has 0 bridgehead atoms. The van der Waals surface area contributed by atoms with Gasteiger partial charge in [0.25, 0.3) is 5.91 Å².